The molecule has 0 aliphatic rings. The van der Waals surface area contributed by atoms with E-state index in [2.05, 4.69) is 10.0 Å². The lowest BCUT2D eigenvalue weighted by atomic mass is 10.1. The Kier molecular flexibility index (Phi) is 11.0. The van der Waals surface area contributed by atoms with Gasteiger partial charge >= 0.3 is 0 Å². The van der Waals surface area contributed by atoms with Gasteiger partial charge in [0.1, 0.15) is 0 Å². The molecule has 0 aliphatic heterocycles. The van der Waals surface area contributed by atoms with E-state index in [1.807, 2.05) is 6.92 Å². The van der Waals surface area contributed by atoms with Crippen LogP contribution in [0.1, 0.15) is 56.9 Å². The van der Waals surface area contributed by atoms with Crippen molar-refractivity contribution in [1.82, 2.24) is 0 Å². The third-order valence-corrected chi connectivity index (χ3v) is 5.41. The van der Waals surface area contributed by atoms with E-state index in [-0.39, 0.29) is 18.0 Å². The average molecular weight is 384 g/mol. The molecule has 7 nitrogen and oxygen atoms in total. The van der Waals surface area contributed by atoms with Crippen LogP contribution in [0.25, 0.3) is 10.4 Å². The van der Waals surface area contributed by atoms with Crippen molar-refractivity contribution in [2.75, 3.05) is 13.2 Å². The summed E-state index contributed by atoms with van der Waals surface area (Å²) < 4.78 is 29.1. The first-order chi connectivity index (χ1) is 12.5. The highest BCUT2D eigenvalue weighted by atomic mass is 32.2. The number of aliphatic hydroxyl groups excluding tert-OH is 1. The number of hydrogen-bond acceptors (Lipinski definition) is 5. The summed E-state index contributed by atoms with van der Waals surface area (Å²) in [6.07, 6.45) is 6.91. The third-order valence-electron chi connectivity index (χ3n) is 4.09. The van der Waals surface area contributed by atoms with Crippen molar-refractivity contribution >= 4 is 10.1 Å². The van der Waals surface area contributed by atoms with Gasteiger partial charge in [0, 0.05) is 4.91 Å². The fourth-order valence-electron chi connectivity index (χ4n) is 2.53. The van der Waals surface area contributed by atoms with E-state index in [1.165, 1.54) is 0 Å². The smallest absolute Gasteiger partial charge is 0.296 e. The maximum Gasteiger partial charge on any atom is 0.296 e. The third kappa shape index (κ3) is 9.77. The number of azide groups is 1. The number of rotatable bonds is 14. The molecule has 0 saturated heterocycles. The molecule has 1 unspecified atom stereocenters. The predicted octanol–water partition coefficient (Wildman–Crippen LogP) is 4.49. The molecule has 1 aromatic carbocycles. The number of benzene rings is 1. The standard InChI is InChI=1S/C18H29N3O4S/c1-16-10-12-18(13-11-16)26(23,24)25-14-8-6-4-2-3-5-7-9-17(22)15-20-21-19/h10-13,17,22H,2-9,14-15H2,1H3. The van der Waals surface area contributed by atoms with Crippen LogP contribution < -0.4 is 0 Å². The van der Waals surface area contributed by atoms with Crippen molar-refractivity contribution < 1.29 is 17.7 Å². The predicted molar refractivity (Wildman–Crippen MR) is 101 cm³/mol. The molecule has 0 spiro atoms. The summed E-state index contributed by atoms with van der Waals surface area (Å²) in [5.74, 6) is 0. The zero-order chi connectivity index (χ0) is 19.3. The molecule has 0 bridgehead atoms. The molecule has 0 aromatic heterocycles. The molecule has 0 saturated carbocycles. The summed E-state index contributed by atoms with van der Waals surface area (Å²) in [4.78, 5) is 2.82. The minimum atomic E-state index is -3.65. The van der Waals surface area contributed by atoms with E-state index in [0.29, 0.717) is 6.42 Å². The highest BCUT2D eigenvalue weighted by Crippen LogP contribution is 2.15. The summed E-state index contributed by atoms with van der Waals surface area (Å²) in [6, 6.07) is 6.64. The van der Waals surface area contributed by atoms with Gasteiger partial charge in [0.15, 0.2) is 0 Å². The zero-order valence-corrected chi connectivity index (χ0v) is 16.2. The Morgan fingerprint density at radius 2 is 1.65 bits per heavy atom. The van der Waals surface area contributed by atoms with E-state index in [0.717, 1.165) is 50.5 Å². The minimum Gasteiger partial charge on any atom is -0.393 e. The van der Waals surface area contributed by atoms with Crippen LogP contribution in [0.15, 0.2) is 34.3 Å². The fourth-order valence-corrected chi connectivity index (χ4v) is 3.47. The molecule has 0 radical (unpaired) electrons. The van der Waals surface area contributed by atoms with Gasteiger partial charge in [-0.25, -0.2) is 0 Å². The Morgan fingerprint density at radius 1 is 1.08 bits per heavy atom. The summed E-state index contributed by atoms with van der Waals surface area (Å²) >= 11 is 0. The van der Waals surface area contributed by atoms with E-state index in [4.69, 9.17) is 9.71 Å². The quantitative estimate of drug-likeness (QED) is 0.168. The van der Waals surface area contributed by atoms with Crippen LogP contribution in [0.3, 0.4) is 0 Å². The van der Waals surface area contributed by atoms with Gasteiger partial charge in [-0.15, -0.1) is 0 Å². The van der Waals surface area contributed by atoms with Crippen molar-refractivity contribution in [1.29, 1.82) is 0 Å². The van der Waals surface area contributed by atoms with Gasteiger partial charge in [0.25, 0.3) is 10.1 Å². The first kappa shape index (κ1) is 22.4. The molecular formula is C18H29N3O4S. The van der Waals surface area contributed by atoms with Gasteiger partial charge in [-0.05, 0) is 37.4 Å². The summed E-state index contributed by atoms with van der Waals surface area (Å²) in [5.41, 5.74) is 9.17. The maximum atomic E-state index is 12.0. The van der Waals surface area contributed by atoms with Gasteiger partial charge in [0.05, 0.1) is 24.2 Å². The van der Waals surface area contributed by atoms with Crippen LogP contribution in [0.2, 0.25) is 0 Å². The minimum absolute atomic E-state index is 0.141. The van der Waals surface area contributed by atoms with Gasteiger partial charge in [-0.3, -0.25) is 4.18 Å². The average Bonchev–Trinajstić information content (AvgIpc) is 2.61. The van der Waals surface area contributed by atoms with Crippen LogP contribution in [0, 0.1) is 6.92 Å². The van der Waals surface area contributed by atoms with Gasteiger partial charge in [-0.1, -0.05) is 61.3 Å². The first-order valence-electron chi connectivity index (χ1n) is 9.11. The molecule has 8 heteroatoms. The van der Waals surface area contributed by atoms with E-state index in [9.17, 15) is 13.5 Å². The lowest BCUT2D eigenvalue weighted by Gasteiger charge is -2.07. The van der Waals surface area contributed by atoms with Crippen molar-refractivity contribution in [3.63, 3.8) is 0 Å². The molecule has 1 aromatic rings. The Bertz CT molecular complexity index is 656. The number of hydrogen-bond donors (Lipinski definition) is 1. The van der Waals surface area contributed by atoms with Crippen molar-refractivity contribution in [2.45, 2.75) is 69.3 Å². The van der Waals surface area contributed by atoms with Gasteiger partial charge in [0.2, 0.25) is 0 Å². The van der Waals surface area contributed by atoms with Gasteiger partial charge < -0.3 is 5.11 Å². The summed E-state index contributed by atoms with van der Waals surface area (Å²) in [5, 5.41) is 12.9. The second-order valence-corrected chi connectivity index (χ2v) is 8.04. The molecule has 0 heterocycles. The first-order valence-corrected chi connectivity index (χ1v) is 10.5. The van der Waals surface area contributed by atoms with E-state index >= 15 is 0 Å². The van der Waals surface area contributed by atoms with Crippen LogP contribution in [0.5, 0.6) is 0 Å². The Hall–Kier alpha value is -1.60. The van der Waals surface area contributed by atoms with Crippen LogP contribution in [-0.2, 0) is 14.3 Å². The van der Waals surface area contributed by atoms with Crippen LogP contribution in [-0.4, -0.2) is 32.8 Å². The number of aryl methyl sites for hydroxylation is 1. The second-order valence-electron chi connectivity index (χ2n) is 6.42. The van der Waals surface area contributed by atoms with E-state index in [1.54, 1.807) is 24.3 Å². The van der Waals surface area contributed by atoms with Crippen LogP contribution >= 0.6 is 0 Å². The topological polar surface area (TPSA) is 112 Å². The van der Waals surface area contributed by atoms with E-state index < -0.39 is 16.2 Å². The molecule has 26 heavy (non-hydrogen) atoms. The highest BCUT2D eigenvalue weighted by molar-refractivity contribution is 7.86. The molecule has 0 aliphatic carbocycles. The van der Waals surface area contributed by atoms with Gasteiger partial charge in [-0.2, -0.15) is 8.42 Å². The number of nitrogens with zero attached hydrogens (tertiary/aromatic N) is 3. The number of aliphatic hydroxyl groups is 1. The Morgan fingerprint density at radius 3 is 2.27 bits per heavy atom. The largest absolute Gasteiger partial charge is 0.393 e. The molecule has 146 valence electrons. The molecule has 1 rings (SSSR count). The summed E-state index contributed by atoms with van der Waals surface area (Å²) in [6.45, 7) is 2.26. The SMILES string of the molecule is Cc1ccc(S(=O)(=O)OCCCCCCCCCC(O)CN=[N+]=[N-])cc1. The monoisotopic (exact) mass is 383 g/mol. The molecule has 1 atom stereocenters. The second kappa shape index (κ2) is 12.7. The number of unbranched alkanes of at least 4 members (excludes halogenated alkanes) is 6. The van der Waals surface area contributed by atoms with Crippen molar-refractivity contribution in [3.8, 4) is 0 Å². The maximum absolute atomic E-state index is 12.0. The van der Waals surface area contributed by atoms with Crippen molar-refractivity contribution in [2.24, 2.45) is 5.11 Å². The molecule has 0 amide bonds. The fraction of sp³-hybridized carbons (Fsp3) is 0.667. The zero-order valence-electron chi connectivity index (χ0n) is 15.4. The van der Waals surface area contributed by atoms with Crippen molar-refractivity contribution in [3.05, 3.63) is 40.3 Å². The lowest BCUT2D eigenvalue weighted by Crippen LogP contribution is -2.09. The normalized spacial score (nSPS) is 12.5. The molecular weight excluding hydrogens is 354 g/mol. The summed E-state index contributed by atoms with van der Waals surface area (Å²) in [7, 11) is -3.65. The van der Waals surface area contributed by atoms with Crippen LogP contribution in [0.4, 0.5) is 0 Å². The lowest BCUT2D eigenvalue weighted by molar-refractivity contribution is 0.168. The Labute approximate surface area is 156 Å². The molecule has 0 fully saturated rings. The Balaban J connectivity index is 2.02. The molecule has 1 N–H and O–H groups in total. The highest BCUT2D eigenvalue weighted by Gasteiger charge is 2.14.